The molecular formula is C16H27FN2. The summed E-state index contributed by atoms with van der Waals surface area (Å²) in [6.45, 7) is 8.13. The highest BCUT2D eigenvalue weighted by Gasteiger charge is 2.16. The van der Waals surface area contributed by atoms with E-state index in [-0.39, 0.29) is 11.9 Å². The SMILES string of the molecule is CCCCCN(C)c1c(F)cccc1C(C)NCC. The molecule has 0 saturated heterocycles. The molecule has 19 heavy (non-hydrogen) atoms. The molecule has 1 rings (SSSR count). The van der Waals surface area contributed by atoms with Crippen LogP contribution in [-0.2, 0) is 0 Å². The molecule has 0 amide bonds. The van der Waals surface area contributed by atoms with Crippen LogP contribution in [0.25, 0.3) is 0 Å². The van der Waals surface area contributed by atoms with E-state index in [1.54, 1.807) is 12.1 Å². The fraction of sp³-hybridized carbons (Fsp3) is 0.625. The number of para-hydroxylation sites is 1. The third kappa shape index (κ3) is 4.50. The summed E-state index contributed by atoms with van der Waals surface area (Å²) in [6.07, 6.45) is 3.49. The largest absolute Gasteiger partial charge is 0.372 e. The molecule has 0 bridgehead atoms. The monoisotopic (exact) mass is 266 g/mol. The Morgan fingerprint density at radius 3 is 2.63 bits per heavy atom. The van der Waals surface area contributed by atoms with Gasteiger partial charge in [-0.3, -0.25) is 0 Å². The number of nitrogens with one attached hydrogen (secondary N) is 1. The number of halogens is 1. The molecule has 0 fully saturated rings. The van der Waals surface area contributed by atoms with Gasteiger partial charge in [0.2, 0.25) is 0 Å². The van der Waals surface area contributed by atoms with E-state index in [1.807, 2.05) is 18.0 Å². The zero-order chi connectivity index (χ0) is 14.3. The van der Waals surface area contributed by atoms with Crippen molar-refractivity contribution in [3.05, 3.63) is 29.6 Å². The molecule has 1 aromatic carbocycles. The van der Waals surface area contributed by atoms with Crippen LogP contribution in [0.2, 0.25) is 0 Å². The van der Waals surface area contributed by atoms with Crippen LogP contribution in [-0.4, -0.2) is 20.1 Å². The van der Waals surface area contributed by atoms with Crippen molar-refractivity contribution in [2.24, 2.45) is 0 Å². The number of hydrogen-bond acceptors (Lipinski definition) is 2. The predicted octanol–water partition coefficient (Wildman–Crippen LogP) is 4.12. The van der Waals surface area contributed by atoms with Crippen LogP contribution in [0.5, 0.6) is 0 Å². The summed E-state index contributed by atoms with van der Waals surface area (Å²) in [5, 5.41) is 3.36. The Balaban J connectivity index is 2.90. The van der Waals surface area contributed by atoms with Crippen molar-refractivity contribution < 1.29 is 4.39 Å². The maximum atomic E-state index is 14.1. The van der Waals surface area contributed by atoms with Gasteiger partial charge in [-0.25, -0.2) is 4.39 Å². The van der Waals surface area contributed by atoms with Gasteiger partial charge < -0.3 is 10.2 Å². The summed E-state index contributed by atoms with van der Waals surface area (Å²) in [4.78, 5) is 2.05. The van der Waals surface area contributed by atoms with Gasteiger partial charge >= 0.3 is 0 Å². The minimum Gasteiger partial charge on any atom is -0.372 e. The summed E-state index contributed by atoms with van der Waals surface area (Å²) in [5.41, 5.74) is 1.79. The molecule has 0 aliphatic carbocycles. The normalized spacial score (nSPS) is 12.5. The Morgan fingerprint density at radius 1 is 1.26 bits per heavy atom. The van der Waals surface area contributed by atoms with E-state index < -0.39 is 0 Å². The van der Waals surface area contributed by atoms with Crippen molar-refractivity contribution in [3.8, 4) is 0 Å². The Morgan fingerprint density at radius 2 is 2.00 bits per heavy atom. The van der Waals surface area contributed by atoms with Gasteiger partial charge in [0.1, 0.15) is 5.82 Å². The standard InChI is InChI=1S/C16H27FN2/c1-5-7-8-12-19(4)16-14(13(3)18-6-2)10-9-11-15(16)17/h9-11,13,18H,5-8,12H2,1-4H3. The summed E-state index contributed by atoms with van der Waals surface area (Å²) in [5.74, 6) is -0.124. The Labute approximate surface area is 117 Å². The van der Waals surface area contributed by atoms with Gasteiger partial charge in [-0.2, -0.15) is 0 Å². The van der Waals surface area contributed by atoms with Gasteiger partial charge in [0, 0.05) is 19.6 Å². The molecule has 1 atom stereocenters. The van der Waals surface area contributed by atoms with Gasteiger partial charge in [-0.15, -0.1) is 0 Å². The van der Waals surface area contributed by atoms with E-state index in [0.717, 1.165) is 30.8 Å². The number of rotatable bonds is 8. The number of benzene rings is 1. The second-order valence-electron chi connectivity index (χ2n) is 5.09. The molecule has 0 aromatic heterocycles. The first-order valence-electron chi connectivity index (χ1n) is 7.34. The summed E-state index contributed by atoms with van der Waals surface area (Å²) in [7, 11) is 1.98. The zero-order valence-electron chi connectivity index (χ0n) is 12.7. The smallest absolute Gasteiger partial charge is 0.146 e. The minimum absolute atomic E-state index is 0.124. The first-order valence-corrected chi connectivity index (χ1v) is 7.34. The molecule has 0 aliphatic heterocycles. The van der Waals surface area contributed by atoms with Crippen LogP contribution in [0, 0.1) is 5.82 Å². The van der Waals surface area contributed by atoms with Crippen LogP contribution in [0.3, 0.4) is 0 Å². The van der Waals surface area contributed by atoms with E-state index in [9.17, 15) is 4.39 Å². The topological polar surface area (TPSA) is 15.3 Å². The van der Waals surface area contributed by atoms with Crippen LogP contribution in [0.15, 0.2) is 18.2 Å². The molecule has 1 aromatic rings. The van der Waals surface area contributed by atoms with E-state index in [0.29, 0.717) is 0 Å². The molecule has 0 spiro atoms. The van der Waals surface area contributed by atoms with Crippen molar-refractivity contribution in [1.29, 1.82) is 0 Å². The van der Waals surface area contributed by atoms with E-state index in [1.165, 1.54) is 12.8 Å². The Bertz CT molecular complexity index is 379. The molecule has 0 saturated carbocycles. The van der Waals surface area contributed by atoms with Crippen molar-refractivity contribution >= 4 is 5.69 Å². The average molecular weight is 266 g/mol. The van der Waals surface area contributed by atoms with Gasteiger partial charge in [0.15, 0.2) is 0 Å². The quantitative estimate of drug-likeness (QED) is 0.712. The van der Waals surface area contributed by atoms with Crippen molar-refractivity contribution in [3.63, 3.8) is 0 Å². The molecule has 0 heterocycles. The van der Waals surface area contributed by atoms with Gasteiger partial charge in [-0.05, 0) is 31.5 Å². The minimum atomic E-state index is -0.124. The van der Waals surface area contributed by atoms with E-state index in [2.05, 4.69) is 26.1 Å². The highest BCUT2D eigenvalue weighted by atomic mass is 19.1. The molecular weight excluding hydrogens is 239 g/mol. The molecule has 0 radical (unpaired) electrons. The maximum absolute atomic E-state index is 14.1. The lowest BCUT2D eigenvalue weighted by atomic mass is 10.0. The number of nitrogens with zero attached hydrogens (tertiary/aromatic N) is 1. The highest BCUT2D eigenvalue weighted by Crippen LogP contribution is 2.28. The number of unbranched alkanes of at least 4 members (excludes halogenated alkanes) is 2. The first kappa shape index (κ1) is 16.0. The molecule has 2 nitrogen and oxygen atoms in total. The average Bonchev–Trinajstić information content (AvgIpc) is 2.38. The van der Waals surface area contributed by atoms with Crippen LogP contribution < -0.4 is 10.2 Å². The maximum Gasteiger partial charge on any atom is 0.146 e. The lowest BCUT2D eigenvalue weighted by Gasteiger charge is -2.26. The van der Waals surface area contributed by atoms with Gasteiger partial charge in [0.05, 0.1) is 5.69 Å². The third-order valence-electron chi connectivity index (χ3n) is 3.47. The Kier molecular flexibility index (Phi) is 6.85. The second-order valence-corrected chi connectivity index (χ2v) is 5.09. The van der Waals surface area contributed by atoms with E-state index in [4.69, 9.17) is 0 Å². The van der Waals surface area contributed by atoms with E-state index >= 15 is 0 Å². The summed E-state index contributed by atoms with van der Waals surface area (Å²) >= 11 is 0. The number of anilines is 1. The molecule has 1 N–H and O–H groups in total. The van der Waals surface area contributed by atoms with Crippen molar-refractivity contribution in [2.75, 3.05) is 25.0 Å². The fourth-order valence-corrected chi connectivity index (χ4v) is 2.41. The lowest BCUT2D eigenvalue weighted by molar-refractivity contribution is 0.577. The Hall–Kier alpha value is -1.09. The molecule has 0 aliphatic rings. The molecule has 3 heteroatoms. The first-order chi connectivity index (χ1) is 9.11. The van der Waals surface area contributed by atoms with Gasteiger partial charge in [-0.1, -0.05) is 38.8 Å². The molecule has 1 unspecified atom stereocenters. The van der Waals surface area contributed by atoms with Crippen molar-refractivity contribution in [1.82, 2.24) is 5.32 Å². The zero-order valence-corrected chi connectivity index (χ0v) is 12.7. The second kappa shape index (κ2) is 8.16. The highest BCUT2D eigenvalue weighted by molar-refractivity contribution is 5.55. The van der Waals surface area contributed by atoms with Crippen LogP contribution in [0.4, 0.5) is 10.1 Å². The van der Waals surface area contributed by atoms with Crippen molar-refractivity contribution in [2.45, 2.75) is 46.1 Å². The predicted molar refractivity (Wildman–Crippen MR) is 81.3 cm³/mol. The summed E-state index contributed by atoms with van der Waals surface area (Å²) in [6, 6.07) is 5.53. The molecule has 108 valence electrons. The third-order valence-corrected chi connectivity index (χ3v) is 3.47. The van der Waals surface area contributed by atoms with Gasteiger partial charge in [0.25, 0.3) is 0 Å². The lowest BCUT2D eigenvalue weighted by Crippen LogP contribution is -2.25. The number of hydrogen-bond donors (Lipinski definition) is 1. The van der Waals surface area contributed by atoms with Crippen LogP contribution >= 0.6 is 0 Å². The summed E-state index contributed by atoms with van der Waals surface area (Å²) < 4.78 is 14.1. The fourth-order valence-electron chi connectivity index (χ4n) is 2.41. The van der Waals surface area contributed by atoms with Crippen LogP contribution in [0.1, 0.15) is 51.6 Å².